The van der Waals surface area contributed by atoms with Gasteiger partial charge in [-0.25, -0.2) is 2.85 Å². The Kier molecular flexibility index (Phi) is 18.2. The summed E-state index contributed by atoms with van der Waals surface area (Å²) < 4.78 is 23.6. The number of nitrogens with zero attached hydrogens (tertiary/aromatic N) is 1. The van der Waals surface area contributed by atoms with Crippen LogP contribution in [0, 0.1) is 0 Å². The number of rotatable bonds is 20. The highest BCUT2D eigenvalue weighted by Crippen LogP contribution is 2.50. The first-order chi connectivity index (χ1) is 12.9. The van der Waals surface area contributed by atoms with Crippen LogP contribution >= 0.6 is 30.6 Å². The Labute approximate surface area is 184 Å². The van der Waals surface area contributed by atoms with E-state index in [1.165, 1.54) is 83.6 Å². The van der Waals surface area contributed by atoms with E-state index in [-0.39, 0.29) is 0 Å². The van der Waals surface area contributed by atoms with Gasteiger partial charge in [-0.05, 0) is 19.8 Å². The Hall–Kier alpha value is 0.840. The molecule has 0 amide bonds. The molecule has 6 heteroatoms. The minimum absolute atomic E-state index is 0.442. The summed E-state index contributed by atoms with van der Waals surface area (Å²) in [5.74, 6) is 0. The van der Waals surface area contributed by atoms with Gasteiger partial charge >= 0.3 is 7.60 Å². The molecule has 1 atom stereocenters. The molecule has 0 aromatic heterocycles. The smallest absolute Gasteiger partial charge is 0.328 e. The van der Waals surface area contributed by atoms with Crippen LogP contribution in [0.25, 0.3) is 0 Å². The SMILES string of the molecule is CCCCCCCCCCCCCC[N+](C)(C)CCCP(=O)(OI)OCC. The zero-order chi connectivity index (χ0) is 20.4. The van der Waals surface area contributed by atoms with Crippen LogP contribution in [0.3, 0.4) is 0 Å². The Morgan fingerprint density at radius 2 is 1.19 bits per heavy atom. The molecule has 0 rings (SSSR count). The van der Waals surface area contributed by atoms with Crippen LogP contribution in [-0.2, 0) is 11.9 Å². The fraction of sp³-hybridized carbons (Fsp3) is 1.00. The van der Waals surface area contributed by atoms with E-state index >= 15 is 0 Å². The van der Waals surface area contributed by atoms with E-state index in [1.54, 1.807) is 23.0 Å². The van der Waals surface area contributed by atoms with Crippen molar-refractivity contribution < 1.29 is 16.4 Å². The molecule has 0 aromatic carbocycles. The quantitative estimate of drug-likeness (QED) is 0.0716. The van der Waals surface area contributed by atoms with Crippen LogP contribution in [0.2, 0.25) is 0 Å². The maximum Gasteiger partial charge on any atom is 0.340 e. The number of quaternary nitrogens is 1. The van der Waals surface area contributed by atoms with Gasteiger partial charge in [0.2, 0.25) is 0 Å². The molecule has 0 spiro atoms. The summed E-state index contributed by atoms with van der Waals surface area (Å²) >= 11 is 1.71. The van der Waals surface area contributed by atoms with Gasteiger partial charge in [0, 0.05) is 6.42 Å². The first-order valence-corrected chi connectivity index (χ1v) is 13.9. The third-order valence-electron chi connectivity index (χ3n) is 5.24. The lowest BCUT2D eigenvalue weighted by Gasteiger charge is -2.30. The van der Waals surface area contributed by atoms with Gasteiger partial charge in [-0.2, -0.15) is 0 Å². The Morgan fingerprint density at radius 1 is 0.741 bits per heavy atom. The van der Waals surface area contributed by atoms with Crippen LogP contribution < -0.4 is 0 Å². The maximum atomic E-state index is 12.3. The minimum Gasteiger partial charge on any atom is -0.328 e. The van der Waals surface area contributed by atoms with Gasteiger partial charge in [-0.1, -0.05) is 71.1 Å². The van der Waals surface area contributed by atoms with E-state index in [4.69, 9.17) is 7.38 Å². The molecule has 0 aliphatic carbocycles. The van der Waals surface area contributed by atoms with Gasteiger partial charge < -0.3 is 9.01 Å². The number of hydrogen-bond acceptors (Lipinski definition) is 3. The van der Waals surface area contributed by atoms with Crippen molar-refractivity contribution in [2.75, 3.05) is 40.0 Å². The number of halogens is 1. The van der Waals surface area contributed by atoms with Crippen molar-refractivity contribution in [3.8, 4) is 0 Å². The molecule has 0 heterocycles. The third kappa shape index (κ3) is 17.4. The van der Waals surface area contributed by atoms with Gasteiger partial charge in [-0.3, -0.25) is 4.57 Å². The summed E-state index contributed by atoms with van der Waals surface area (Å²) in [6, 6.07) is 0. The van der Waals surface area contributed by atoms with Crippen LogP contribution in [0.4, 0.5) is 0 Å². The monoisotopic (exact) mass is 518 g/mol. The van der Waals surface area contributed by atoms with Crippen molar-refractivity contribution in [1.29, 1.82) is 0 Å². The standard InChI is InChI=1S/C21H46INO3P/c1-5-7-8-9-10-11-12-13-14-15-16-17-19-23(3,4)20-18-21-27(24,26-22)25-6-2/h5-21H2,1-4H3/q+1. The van der Waals surface area contributed by atoms with Gasteiger partial charge in [0.1, 0.15) is 23.0 Å². The average molecular weight is 518 g/mol. The van der Waals surface area contributed by atoms with Crippen molar-refractivity contribution in [3.05, 3.63) is 0 Å². The second kappa shape index (κ2) is 17.7. The molecule has 0 radical (unpaired) electrons. The zero-order valence-corrected chi connectivity index (χ0v) is 21.6. The van der Waals surface area contributed by atoms with E-state index in [0.29, 0.717) is 12.8 Å². The van der Waals surface area contributed by atoms with Crippen LogP contribution in [0.1, 0.15) is 97.3 Å². The van der Waals surface area contributed by atoms with Gasteiger partial charge in [0.05, 0.1) is 40.0 Å². The second-order valence-corrected chi connectivity index (χ2v) is 11.7. The molecule has 0 bridgehead atoms. The highest BCUT2D eigenvalue weighted by Gasteiger charge is 2.25. The molecule has 0 saturated carbocycles. The summed E-state index contributed by atoms with van der Waals surface area (Å²) in [4.78, 5) is 0. The lowest BCUT2D eigenvalue weighted by molar-refractivity contribution is -0.890. The highest BCUT2D eigenvalue weighted by molar-refractivity contribution is 14.1. The molecule has 0 saturated heterocycles. The highest BCUT2D eigenvalue weighted by atomic mass is 127. The third-order valence-corrected chi connectivity index (χ3v) is 8.77. The van der Waals surface area contributed by atoms with E-state index in [1.807, 2.05) is 6.92 Å². The molecule has 164 valence electrons. The normalized spacial score (nSPS) is 14.4. The molecule has 0 fully saturated rings. The average Bonchev–Trinajstić information content (AvgIpc) is 2.62. The molecule has 1 unspecified atom stereocenters. The van der Waals surface area contributed by atoms with Gasteiger partial charge in [-0.15, -0.1) is 0 Å². The van der Waals surface area contributed by atoms with E-state index in [0.717, 1.165) is 17.4 Å². The Morgan fingerprint density at radius 3 is 1.63 bits per heavy atom. The van der Waals surface area contributed by atoms with Crippen molar-refractivity contribution in [2.45, 2.75) is 97.3 Å². The van der Waals surface area contributed by atoms with E-state index in [2.05, 4.69) is 21.0 Å². The van der Waals surface area contributed by atoms with Crippen LogP contribution in [0.5, 0.6) is 0 Å². The summed E-state index contributed by atoms with van der Waals surface area (Å²) in [5, 5.41) is 0. The fourth-order valence-corrected chi connectivity index (χ4v) is 5.59. The molecule has 0 aliphatic heterocycles. The molecule has 4 nitrogen and oxygen atoms in total. The maximum absolute atomic E-state index is 12.3. The molecule has 0 aromatic rings. The number of unbranched alkanes of at least 4 members (excludes halogenated alkanes) is 11. The Balaban J connectivity index is 3.58. The van der Waals surface area contributed by atoms with E-state index in [9.17, 15) is 4.57 Å². The lowest BCUT2D eigenvalue weighted by atomic mass is 10.1. The van der Waals surface area contributed by atoms with Crippen molar-refractivity contribution >= 4 is 30.6 Å². The second-order valence-electron chi connectivity index (χ2n) is 8.45. The lowest BCUT2D eigenvalue weighted by Crippen LogP contribution is -2.41. The zero-order valence-electron chi connectivity index (χ0n) is 18.5. The summed E-state index contributed by atoms with van der Waals surface area (Å²) in [7, 11) is 1.68. The summed E-state index contributed by atoms with van der Waals surface area (Å²) in [6.45, 7) is 6.80. The Bertz CT molecular complexity index is 380. The van der Waals surface area contributed by atoms with Crippen molar-refractivity contribution in [3.63, 3.8) is 0 Å². The molecule has 27 heavy (non-hydrogen) atoms. The summed E-state index contributed by atoms with van der Waals surface area (Å²) in [6.07, 6.45) is 18.1. The first-order valence-electron chi connectivity index (χ1n) is 11.2. The molecule has 0 N–H and O–H groups in total. The predicted molar refractivity (Wildman–Crippen MR) is 127 cm³/mol. The predicted octanol–water partition coefficient (Wildman–Crippen LogP) is 7.75. The molecule has 0 aliphatic rings. The first kappa shape index (κ1) is 27.8. The topological polar surface area (TPSA) is 35.5 Å². The summed E-state index contributed by atoms with van der Waals surface area (Å²) in [5.41, 5.74) is 0. The minimum atomic E-state index is -2.87. The molecular formula is C21H46INO3P+. The van der Waals surface area contributed by atoms with Crippen molar-refractivity contribution in [2.24, 2.45) is 0 Å². The molecular weight excluding hydrogens is 472 g/mol. The largest absolute Gasteiger partial charge is 0.340 e. The van der Waals surface area contributed by atoms with Gasteiger partial charge in [0.25, 0.3) is 0 Å². The van der Waals surface area contributed by atoms with Gasteiger partial charge in [0.15, 0.2) is 0 Å². The van der Waals surface area contributed by atoms with E-state index < -0.39 is 7.60 Å². The van der Waals surface area contributed by atoms with Crippen molar-refractivity contribution in [1.82, 2.24) is 0 Å². The number of hydrogen-bond donors (Lipinski definition) is 0. The fourth-order valence-electron chi connectivity index (χ4n) is 3.50. The van der Waals surface area contributed by atoms with Crippen LogP contribution in [-0.4, -0.2) is 44.4 Å². The van der Waals surface area contributed by atoms with Crippen LogP contribution in [0.15, 0.2) is 0 Å².